The van der Waals surface area contributed by atoms with Gasteiger partial charge in [-0.25, -0.2) is 0 Å². The fourth-order valence-electron chi connectivity index (χ4n) is 3.25. The average Bonchev–Trinajstić information content (AvgIpc) is 3.01. The van der Waals surface area contributed by atoms with Crippen molar-refractivity contribution in [1.29, 1.82) is 0 Å². The number of nitrogens with zero attached hydrogens (tertiary/aromatic N) is 1. The Bertz CT molecular complexity index is 885. The summed E-state index contributed by atoms with van der Waals surface area (Å²) in [5, 5.41) is 9.97. The fraction of sp³-hybridized carbons (Fsp3) is 0.200. The Hall–Kier alpha value is -3.08. The molecule has 2 heterocycles. The molecule has 0 bridgehead atoms. The Morgan fingerprint density at radius 1 is 1.12 bits per heavy atom. The van der Waals surface area contributed by atoms with Crippen LogP contribution in [0, 0.1) is 6.92 Å². The van der Waals surface area contributed by atoms with Crippen LogP contribution in [0.25, 0.3) is 0 Å². The number of benzene rings is 2. The molecular formula is C20H19N3O2. The molecule has 1 aliphatic rings. The van der Waals surface area contributed by atoms with Crippen molar-refractivity contribution in [1.82, 2.24) is 10.2 Å². The molecular weight excluding hydrogens is 314 g/mol. The lowest BCUT2D eigenvalue weighted by molar-refractivity contribution is -0.116. The first-order valence-electron chi connectivity index (χ1n) is 8.32. The van der Waals surface area contributed by atoms with E-state index in [1.54, 1.807) is 0 Å². The SMILES string of the molecule is Cc1[nH]nc2c1[C@@H](c1ccc(OCc3ccccc3)cc1)CC(=O)N2. The summed E-state index contributed by atoms with van der Waals surface area (Å²) in [7, 11) is 0. The molecule has 1 amide bonds. The minimum absolute atomic E-state index is 0.00611. The van der Waals surface area contributed by atoms with Crippen molar-refractivity contribution in [3.05, 3.63) is 77.0 Å². The summed E-state index contributed by atoms with van der Waals surface area (Å²) in [6.07, 6.45) is 0.428. The number of hydrogen-bond donors (Lipinski definition) is 2. The van der Waals surface area contributed by atoms with Crippen molar-refractivity contribution >= 4 is 11.7 Å². The zero-order chi connectivity index (χ0) is 17.2. The molecule has 2 N–H and O–H groups in total. The van der Waals surface area contributed by atoms with Gasteiger partial charge in [-0.05, 0) is 30.2 Å². The van der Waals surface area contributed by atoms with Crippen LogP contribution in [0.5, 0.6) is 5.75 Å². The van der Waals surface area contributed by atoms with Gasteiger partial charge in [0, 0.05) is 23.6 Å². The lowest BCUT2D eigenvalue weighted by Crippen LogP contribution is -2.23. The van der Waals surface area contributed by atoms with E-state index in [2.05, 4.69) is 15.5 Å². The van der Waals surface area contributed by atoms with Gasteiger partial charge >= 0.3 is 0 Å². The van der Waals surface area contributed by atoms with Crippen LogP contribution in [-0.4, -0.2) is 16.1 Å². The number of anilines is 1. The molecule has 0 saturated carbocycles. The maximum absolute atomic E-state index is 12.0. The van der Waals surface area contributed by atoms with Crippen LogP contribution < -0.4 is 10.1 Å². The molecule has 0 fully saturated rings. The molecule has 1 atom stereocenters. The molecule has 1 aliphatic heterocycles. The van der Waals surface area contributed by atoms with Crippen molar-refractivity contribution in [3.8, 4) is 5.75 Å². The minimum atomic E-state index is -0.00611. The number of carbonyl (C=O) groups is 1. The van der Waals surface area contributed by atoms with E-state index in [1.165, 1.54) is 0 Å². The van der Waals surface area contributed by atoms with Gasteiger partial charge in [0.2, 0.25) is 5.91 Å². The molecule has 126 valence electrons. The van der Waals surface area contributed by atoms with Crippen LogP contribution in [0.3, 0.4) is 0 Å². The number of hydrogen-bond acceptors (Lipinski definition) is 3. The Balaban J connectivity index is 1.52. The van der Waals surface area contributed by atoms with Crippen molar-refractivity contribution < 1.29 is 9.53 Å². The predicted octanol–water partition coefficient (Wildman–Crippen LogP) is 3.77. The molecule has 0 unspecified atom stereocenters. The lowest BCUT2D eigenvalue weighted by atomic mass is 9.86. The number of aromatic amines is 1. The Morgan fingerprint density at radius 2 is 1.88 bits per heavy atom. The van der Waals surface area contributed by atoms with E-state index in [4.69, 9.17) is 4.74 Å². The van der Waals surface area contributed by atoms with Crippen molar-refractivity contribution in [2.24, 2.45) is 0 Å². The highest BCUT2D eigenvalue weighted by molar-refractivity contribution is 5.94. The minimum Gasteiger partial charge on any atom is -0.489 e. The smallest absolute Gasteiger partial charge is 0.226 e. The number of ether oxygens (including phenoxy) is 1. The highest BCUT2D eigenvalue weighted by atomic mass is 16.5. The van der Waals surface area contributed by atoms with Crippen molar-refractivity contribution in [2.75, 3.05) is 5.32 Å². The number of amides is 1. The van der Waals surface area contributed by atoms with E-state index < -0.39 is 0 Å². The average molecular weight is 333 g/mol. The molecule has 2 aromatic carbocycles. The normalized spacial score (nSPS) is 16.2. The monoisotopic (exact) mass is 333 g/mol. The molecule has 5 heteroatoms. The van der Waals surface area contributed by atoms with Gasteiger partial charge in [0.15, 0.2) is 5.82 Å². The third-order valence-corrected chi connectivity index (χ3v) is 4.52. The van der Waals surface area contributed by atoms with Crippen LogP contribution in [0.15, 0.2) is 54.6 Å². The highest BCUT2D eigenvalue weighted by Crippen LogP contribution is 2.38. The zero-order valence-corrected chi connectivity index (χ0v) is 14.0. The fourth-order valence-corrected chi connectivity index (χ4v) is 3.25. The van der Waals surface area contributed by atoms with Crippen LogP contribution in [-0.2, 0) is 11.4 Å². The van der Waals surface area contributed by atoms with Crippen LogP contribution >= 0.6 is 0 Å². The second-order valence-electron chi connectivity index (χ2n) is 6.26. The number of rotatable bonds is 4. The van der Waals surface area contributed by atoms with Gasteiger partial charge in [0.05, 0.1) is 0 Å². The van der Waals surface area contributed by atoms with Crippen molar-refractivity contribution in [2.45, 2.75) is 25.9 Å². The third kappa shape index (κ3) is 3.13. The first-order chi connectivity index (χ1) is 12.2. The van der Waals surface area contributed by atoms with Crippen LogP contribution in [0.4, 0.5) is 5.82 Å². The van der Waals surface area contributed by atoms with E-state index in [-0.39, 0.29) is 11.8 Å². The van der Waals surface area contributed by atoms with Crippen LogP contribution in [0.1, 0.15) is 34.7 Å². The summed E-state index contributed by atoms with van der Waals surface area (Å²) in [5.41, 5.74) is 4.28. The van der Waals surface area contributed by atoms with Gasteiger partial charge in [0.25, 0.3) is 0 Å². The first kappa shape index (κ1) is 15.4. The van der Waals surface area contributed by atoms with Gasteiger partial charge in [0.1, 0.15) is 12.4 Å². The Morgan fingerprint density at radius 3 is 2.64 bits per heavy atom. The summed E-state index contributed by atoms with van der Waals surface area (Å²) >= 11 is 0. The summed E-state index contributed by atoms with van der Waals surface area (Å²) in [6.45, 7) is 2.52. The van der Waals surface area contributed by atoms with Gasteiger partial charge in [-0.3, -0.25) is 9.89 Å². The Labute approximate surface area is 146 Å². The quantitative estimate of drug-likeness (QED) is 0.764. The molecule has 25 heavy (non-hydrogen) atoms. The second-order valence-corrected chi connectivity index (χ2v) is 6.26. The third-order valence-electron chi connectivity index (χ3n) is 4.52. The van der Waals surface area contributed by atoms with Gasteiger partial charge in [-0.15, -0.1) is 0 Å². The maximum atomic E-state index is 12.0. The van der Waals surface area contributed by atoms with E-state index >= 15 is 0 Å². The highest BCUT2D eigenvalue weighted by Gasteiger charge is 2.30. The van der Waals surface area contributed by atoms with E-state index in [0.29, 0.717) is 18.8 Å². The number of nitrogens with one attached hydrogen (secondary N) is 2. The number of aryl methyl sites for hydroxylation is 1. The molecule has 5 nitrogen and oxygen atoms in total. The molecule has 0 spiro atoms. The van der Waals surface area contributed by atoms with E-state index in [9.17, 15) is 4.79 Å². The van der Waals surface area contributed by atoms with Gasteiger partial charge in [-0.2, -0.15) is 5.10 Å². The number of H-pyrrole nitrogens is 1. The van der Waals surface area contributed by atoms with Crippen LogP contribution in [0.2, 0.25) is 0 Å². The first-order valence-corrected chi connectivity index (χ1v) is 8.32. The number of aromatic nitrogens is 2. The molecule has 0 aliphatic carbocycles. The summed E-state index contributed by atoms with van der Waals surface area (Å²) in [5.74, 6) is 1.47. The Kier molecular flexibility index (Phi) is 3.98. The van der Waals surface area contributed by atoms with E-state index in [1.807, 2.05) is 61.5 Å². The number of carbonyl (C=O) groups excluding carboxylic acids is 1. The van der Waals surface area contributed by atoms with Gasteiger partial charge in [-0.1, -0.05) is 42.5 Å². The lowest BCUT2D eigenvalue weighted by Gasteiger charge is -2.23. The number of fused-ring (bicyclic) bond motifs is 1. The summed E-state index contributed by atoms with van der Waals surface area (Å²) in [4.78, 5) is 12.0. The predicted molar refractivity (Wildman–Crippen MR) is 95.6 cm³/mol. The topological polar surface area (TPSA) is 67.0 Å². The molecule has 3 aromatic rings. The second kappa shape index (κ2) is 6.43. The zero-order valence-electron chi connectivity index (χ0n) is 14.0. The molecule has 4 rings (SSSR count). The summed E-state index contributed by atoms with van der Waals surface area (Å²) < 4.78 is 5.84. The molecule has 1 aromatic heterocycles. The molecule has 0 radical (unpaired) electrons. The molecule has 0 saturated heterocycles. The van der Waals surface area contributed by atoms with E-state index in [0.717, 1.165) is 28.1 Å². The van der Waals surface area contributed by atoms with Crippen molar-refractivity contribution in [3.63, 3.8) is 0 Å². The summed E-state index contributed by atoms with van der Waals surface area (Å²) in [6, 6.07) is 18.0. The van der Waals surface area contributed by atoms with Gasteiger partial charge < -0.3 is 10.1 Å². The maximum Gasteiger partial charge on any atom is 0.226 e. The standard InChI is InChI=1S/C20H19N3O2/c1-13-19-17(11-18(24)21-20(19)23-22-13)15-7-9-16(10-8-15)25-12-14-5-3-2-4-6-14/h2-10,17H,11-12H2,1H3,(H2,21,22,23,24)/t17-/m1/s1. The largest absolute Gasteiger partial charge is 0.489 e.